The van der Waals surface area contributed by atoms with Gasteiger partial charge in [-0.2, -0.15) is 10.2 Å². The summed E-state index contributed by atoms with van der Waals surface area (Å²) in [5.41, 5.74) is 2.93. The van der Waals surface area contributed by atoms with Crippen LogP contribution < -0.4 is 10.6 Å². The van der Waals surface area contributed by atoms with E-state index in [1.807, 2.05) is 6.92 Å². The first-order valence-electron chi connectivity index (χ1n) is 9.88. The molecule has 2 unspecified atom stereocenters. The van der Waals surface area contributed by atoms with E-state index in [4.69, 9.17) is 16.3 Å². The number of aromatic nitrogens is 6. The smallest absolute Gasteiger partial charge is 0.323 e. The Kier molecular flexibility index (Phi) is 5.45. The van der Waals surface area contributed by atoms with Crippen LogP contribution in [0.1, 0.15) is 22.9 Å². The minimum absolute atomic E-state index is 0.272. The van der Waals surface area contributed by atoms with Gasteiger partial charge in [-0.15, -0.1) is 4.80 Å². The summed E-state index contributed by atoms with van der Waals surface area (Å²) in [5, 5.41) is 14.9. The van der Waals surface area contributed by atoms with Gasteiger partial charge in [0.2, 0.25) is 0 Å². The average Bonchev–Trinajstić information content (AvgIpc) is 3.12. The van der Waals surface area contributed by atoms with Gasteiger partial charge < -0.3 is 15.4 Å². The van der Waals surface area contributed by atoms with E-state index in [0.717, 1.165) is 27.3 Å². The molecular formula is C20H19ClN8O2S. The number of hydrogen-bond acceptors (Lipinski definition) is 8. The molecule has 2 amide bonds. The Hall–Kier alpha value is -3.15. The molecule has 1 fully saturated rings. The van der Waals surface area contributed by atoms with Crippen molar-refractivity contribution in [2.45, 2.75) is 19.3 Å². The molecule has 5 rings (SSSR count). The molecule has 0 aliphatic heterocycles. The molecule has 164 valence electrons. The van der Waals surface area contributed by atoms with E-state index in [9.17, 15) is 4.79 Å². The van der Waals surface area contributed by atoms with Crippen molar-refractivity contribution in [3.05, 3.63) is 46.4 Å². The van der Waals surface area contributed by atoms with E-state index in [1.54, 1.807) is 30.7 Å². The SMILES string of the molecule is COCC1CC1c1c(NC(=O)Nc2cnc(-n3nccn3)c(Cl)c2)cnc2sc(C)nc12. The molecule has 1 aliphatic rings. The number of rotatable bonds is 6. The van der Waals surface area contributed by atoms with Crippen LogP contribution in [0.4, 0.5) is 16.2 Å². The van der Waals surface area contributed by atoms with Crippen LogP contribution in [0, 0.1) is 12.8 Å². The number of methoxy groups -OCH3 is 1. The van der Waals surface area contributed by atoms with E-state index >= 15 is 0 Å². The topological polar surface area (TPSA) is 120 Å². The van der Waals surface area contributed by atoms with Crippen LogP contribution in [0.2, 0.25) is 5.02 Å². The lowest BCUT2D eigenvalue weighted by atomic mass is 10.1. The van der Waals surface area contributed by atoms with E-state index < -0.39 is 6.03 Å². The van der Waals surface area contributed by atoms with Gasteiger partial charge in [-0.25, -0.2) is 19.7 Å². The van der Waals surface area contributed by atoms with Crippen LogP contribution in [0.3, 0.4) is 0 Å². The molecule has 1 aliphatic carbocycles. The Labute approximate surface area is 192 Å². The second kappa shape index (κ2) is 8.41. The summed E-state index contributed by atoms with van der Waals surface area (Å²) in [6.07, 6.45) is 7.23. The number of carbonyl (C=O) groups is 1. The lowest BCUT2D eigenvalue weighted by molar-refractivity contribution is 0.184. The average molecular weight is 471 g/mol. The van der Waals surface area contributed by atoms with Gasteiger partial charge in [0.05, 0.1) is 46.2 Å². The quantitative estimate of drug-likeness (QED) is 0.436. The number of halogens is 1. The minimum atomic E-state index is -0.425. The summed E-state index contributed by atoms with van der Waals surface area (Å²) in [5.74, 6) is 1.05. The van der Waals surface area contributed by atoms with Crippen molar-refractivity contribution in [3.8, 4) is 5.82 Å². The zero-order valence-corrected chi connectivity index (χ0v) is 18.8. The van der Waals surface area contributed by atoms with Crippen LogP contribution in [0.15, 0.2) is 30.9 Å². The second-order valence-corrected chi connectivity index (χ2v) is 9.05. The van der Waals surface area contributed by atoms with E-state index in [-0.39, 0.29) is 5.92 Å². The van der Waals surface area contributed by atoms with Crippen molar-refractivity contribution in [2.75, 3.05) is 24.4 Å². The molecule has 12 heteroatoms. The Morgan fingerprint density at radius 1 is 1.28 bits per heavy atom. The molecule has 2 atom stereocenters. The molecule has 32 heavy (non-hydrogen) atoms. The fraction of sp³-hybridized carbons (Fsp3) is 0.300. The number of nitrogens with one attached hydrogen (secondary N) is 2. The lowest BCUT2D eigenvalue weighted by Gasteiger charge is -2.13. The maximum absolute atomic E-state index is 12.8. The van der Waals surface area contributed by atoms with Gasteiger partial charge in [0.1, 0.15) is 10.3 Å². The van der Waals surface area contributed by atoms with Crippen molar-refractivity contribution < 1.29 is 9.53 Å². The van der Waals surface area contributed by atoms with Crippen molar-refractivity contribution in [1.82, 2.24) is 29.9 Å². The number of thiazole rings is 1. The highest BCUT2D eigenvalue weighted by Crippen LogP contribution is 2.52. The van der Waals surface area contributed by atoms with Crippen LogP contribution in [-0.2, 0) is 4.74 Å². The fourth-order valence-corrected chi connectivity index (χ4v) is 4.75. The fourth-order valence-electron chi connectivity index (χ4n) is 3.73. The number of ether oxygens (including phenoxy) is 1. The number of hydrogen-bond donors (Lipinski definition) is 2. The second-order valence-electron chi connectivity index (χ2n) is 7.46. The van der Waals surface area contributed by atoms with E-state index in [0.29, 0.717) is 34.7 Å². The maximum Gasteiger partial charge on any atom is 0.323 e. The van der Waals surface area contributed by atoms with Gasteiger partial charge in [0.25, 0.3) is 0 Å². The van der Waals surface area contributed by atoms with Gasteiger partial charge in [-0.05, 0) is 31.2 Å². The van der Waals surface area contributed by atoms with Crippen molar-refractivity contribution in [1.29, 1.82) is 0 Å². The summed E-state index contributed by atoms with van der Waals surface area (Å²) < 4.78 is 5.32. The predicted molar refractivity (Wildman–Crippen MR) is 122 cm³/mol. The highest BCUT2D eigenvalue weighted by molar-refractivity contribution is 7.18. The summed E-state index contributed by atoms with van der Waals surface area (Å²) in [6.45, 7) is 2.62. The first-order valence-corrected chi connectivity index (χ1v) is 11.1. The molecule has 0 bridgehead atoms. The third-order valence-corrected chi connectivity index (χ3v) is 6.34. The van der Waals surface area contributed by atoms with Gasteiger partial charge in [-0.3, -0.25) is 0 Å². The molecule has 1 saturated carbocycles. The first kappa shape index (κ1) is 20.7. The molecule has 0 aromatic carbocycles. The van der Waals surface area contributed by atoms with Gasteiger partial charge in [-0.1, -0.05) is 22.9 Å². The highest BCUT2D eigenvalue weighted by atomic mass is 35.5. The first-order chi connectivity index (χ1) is 15.5. The normalized spacial score (nSPS) is 17.5. The van der Waals surface area contributed by atoms with E-state index in [1.165, 1.54) is 23.4 Å². The molecule has 10 nitrogen and oxygen atoms in total. The van der Waals surface area contributed by atoms with Gasteiger partial charge in [0, 0.05) is 19.3 Å². The van der Waals surface area contributed by atoms with Gasteiger partial charge >= 0.3 is 6.03 Å². The lowest BCUT2D eigenvalue weighted by Crippen LogP contribution is -2.21. The molecule has 2 N–H and O–H groups in total. The van der Waals surface area contributed by atoms with E-state index in [2.05, 4.69) is 35.8 Å². The summed E-state index contributed by atoms with van der Waals surface area (Å²) in [7, 11) is 1.70. The summed E-state index contributed by atoms with van der Waals surface area (Å²) in [4.78, 5) is 28.3. The Morgan fingerprint density at radius 3 is 2.84 bits per heavy atom. The number of amides is 2. The molecule has 4 aromatic rings. The standard InChI is InChI=1S/C20H19ClN8O2S/c1-10-26-17-16(13-5-11(13)9-31-2)15(8-23-19(17)32-10)28-20(30)27-12-6-14(21)18(22-7-12)29-24-3-4-25-29/h3-4,6-8,11,13H,5,9H2,1-2H3,(H2,27,28,30). The van der Waals surface area contributed by atoms with Crippen molar-refractivity contribution in [2.24, 2.45) is 5.92 Å². The number of aryl methyl sites for hydroxylation is 1. The number of urea groups is 1. The zero-order chi connectivity index (χ0) is 22.2. The maximum atomic E-state index is 12.8. The van der Waals surface area contributed by atoms with Crippen molar-refractivity contribution >= 4 is 50.7 Å². The van der Waals surface area contributed by atoms with Crippen LogP contribution >= 0.6 is 22.9 Å². The number of carbonyl (C=O) groups excluding carboxylic acids is 1. The Balaban J connectivity index is 1.37. The third-order valence-electron chi connectivity index (χ3n) is 5.18. The Morgan fingerprint density at radius 2 is 2.09 bits per heavy atom. The van der Waals surface area contributed by atoms with Crippen LogP contribution in [0.25, 0.3) is 16.2 Å². The highest BCUT2D eigenvalue weighted by Gasteiger charge is 2.41. The van der Waals surface area contributed by atoms with Crippen LogP contribution in [0.5, 0.6) is 0 Å². The molecule has 0 radical (unpaired) electrons. The summed E-state index contributed by atoms with van der Waals surface area (Å²) >= 11 is 7.83. The largest absolute Gasteiger partial charge is 0.384 e. The monoisotopic (exact) mass is 470 g/mol. The number of nitrogens with zero attached hydrogens (tertiary/aromatic N) is 6. The zero-order valence-electron chi connectivity index (χ0n) is 17.2. The van der Waals surface area contributed by atoms with Gasteiger partial charge in [0.15, 0.2) is 5.82 Å². The number of fused-ring (bicyclic) bond motifs is 1. The third kappa shape index (κ3) is 4.01. The van der Waals surface area contributed by atoms with Crippen LogP contribution in [-0.4, -0.2) is 49.7 Å². The Bertz CT molecular complexity index is 1290. The molecule has 0 saturated heterocycles. The number of pyridine rings is 2. The van der Waals surface area contributed by atoms with Crippen molar-refractivity contribution in [3.63, 3.8) is 0 Å². The minimum Gasteiger partial charge on any atom is -0.384 e. The molecular weight excluding hydrogens is 452 g/mol. The predicted octanol–water partition coefficient (Wildman–Crippen LogP) is 4.02. The molecule has 4 aromatic heterocycles. The molecule has 4 heterocycles. The number of anilines is 2. The summed E-state index contributed by atoms with van der Waals surface area (Å²) in [6, 6.07) is 1.17. The molecule has 0 spiro atoms.